The third kappa shape index (κ3) is 4.04. The molecule has 49 heavy (non-hydrogen) atoms. The summed E-state index contributed by atoms with van der Waals surface area (Å²) in [5, 5.41) is 1.90. The standard InChI is InChI=1S/C35H21N11O3/c36-25(47)21-13-14-22-24(23(21)26(37)48)32-42-28-16-8-2-4-10-18(16)30(40-28)45-34-20-12-6-5-11-19(20)33(46(34)35(38)49)44-29-17-9-3-1-7-15(17)27(39-29)41-31(22)43-32/h1-14H,(H2,36,47)(H2,37,48)(H2,38,49)(H,39,40,41,42,43,44,45). The first-order valence-corrected chi connectivity index (χ1v) is 15.0. The quantitative estimate of drug-likeness (QED) is 0.208. The van der Waals surface area contributed by atoms with Gasteiger partial charge in [0.15, 0.2) is 34.6 Å². The number of benzene rings is 4. The highest BCUT2D eigenvalue weighted by molar-refractivity contribution is 6.21. The number of primary amides is 3. The fourth-order valence-corrected chi connectivity index (χ4v) is 6.51. The molecule has 2 aliphatic rings. The Morgan fingerprint density at radius 2 is 0.980 bits per heavy atom. The van der Waals surface area contributed by atoms with Crippen molar-refractivity contribution in [1.29, 1.82) is 0 Å². The van der Waals surface area contributed by atoms with E-state index >= 15 is 0 Å². The lowest BCUT2D eigenvalue weighted by molar-refractivity contribution is 0.0968. The Balaban J connectivity index is 1.56. The largest absolute Gasteiger partial charge is 0.366 e. The van der Waals surface area contributed by atoms with Gasteiger partial charge in [-0.15, -0.1) is 0 Å². The highest BCUT2D eigenvalue weighted by Crippen LogP contribution is 2.38. The zero-order valence-electron chi connectivity index (χ0n) is 25.2. The lowest BCUT2D eigenvalue weighted by atomic mass is 10.0. The predicted octanol–water partition coefficient (Wildman–Crippen LogP) is 4.47. The second-order valence-electron chi connectivity index (χ2n) is 11.4. The molecule has 0 unspecified atom stereocenters. The zero-order valence-corrected chi connectivity index (χ0v) is 25.2. The maximum absolute atomic E-state index is 13.2. The average molecular weight is 644 g/mol. The number of aromatic amines is 1. The van der Waals surface area contributed by atoms with Gasteiger partial charge in [-0.25, -0.2) is 39.3 Å². The SMILES string of the molecule is NC(=O)c1ccc2c3nc4nc(nc5c6ccccc6c(nc6nc(nc([nH]3)c2c1C(N)=O)-c1ccccc1-6)n5C(N)=O)-c1ccccc1-4. The molecule has 0 fully saturated rings. The molecule has 0 radical (unpaired) electrons. The van der Waals surface area contributed by atoms with Gasteiger partial charge in [-0.3, -0.25) is 9.59 Å². The summed E-state index contributed by atoms with van der Waals surface area (Å²) >= 11 is 0. The van der Waals surface area contributed by atoms with E-state index in [0.717, 1.165) is 0 Å². The van der Waals surface area contributed by atoms with Crippen molar-refractivity contribution in [2.75, 3.05) is 0 Å². The van der Waals surface area contributed by atoms with Crippen LogP contribution in [0.4, 0.5) is 4.79 Å². The molecule has 3 amide bonds. The highest BCUT2D eigenvalue weighted by atomic mass is 16.2. The number of carbonyl (C=O) groups excluding carboxylic acids is 3. The number of H-pyrrole nitrogens is 1. The van der Waals surface area contributed by atoms with Crippen LogP contribution in [0.25, 0.3) is 89.7 Å². The first-order chi connectivity index (χ1) is 23.8. The molecule has 234 valence electrons. The predicted molar refractivity (Wildman–Crippen MR) is 182 cm³/mol. The minimum absolute atomic E-state index is 0.0727. The second kappa shape index (κ2) is 10.1. The van der Waals surface area contributed by atoms with Crippen LogP contribution in [-0.2, 0) is 0 Å². The van der Waals surface area contributed by atoms with Gasteiger partial charge in [0, 0.05) is 43.8 Å². The van der Waals surface area contributed by atoms with Gasteiger partial charge < -0.3 is 22.2 Å². The Morgan fingerprint density at radius 3 is 1.45 bits per heavy atom. The summed E-state index contributed by atoms with van der Waals surface area (Å²) in [6.45, 7) is 0. The lowest BCUT2D eigenvalue weighted by Crippen LogP contribution is -2.20. The van der Waals surface area contributed by atoms with Crippen LogP contribution in [0.3, 0.4) is 0 Å². The maximum Gasteiger partial charge on any atom is 0.326 e. The molecular formula is C35H21N11O3. The smallest absolute Gasteiger partial charge is 0.326 e. The molecule has 7 N–H and O–H groups in total. The summed E-state index contributed by atoms with van der Waals surface area (Å²) in [7, 11) is 0. The van der Waals surface area contributed by atoms with E-state index < -0.39 is 17.8 Å². The van der Waals surface area contributed by atoms with E-state index in [2.05, 4.69) is 4.98 Å². The van der Waals surface area contributed by atoms with Gasteiger partial charge in [-0.05, 0) is 12.1 Å². The number of fused-ring (bicyclic) bond motifs is 20. The average Bonchev–Trinajstić information content (AvgIpc) is 3.82. The van der Waals surface area contributed by atoms with E-state index in [1.54, 1.807) is 6.07 Å². The molecule has 0 spiro atoms. The van der Waals surface area contributed by atoms with Gasteiger partial charge in [-0.2, -0.15) is 0 Å². The van der Waals surface area contributed by atoms with Crippen molar-refractivity contribution in [2.24, 2.45) is 17.2 Å². The molecule has 3 aromatic heterocycles. The normalized spacial score (nSPS) is 11.8. The molecule has 4 aromatic carbocycles. The van der Waals surface area contributed by atoms with Crippen LogP contribution in [-0.4, -0.2) is 57.3 Å². The van der Waals surface area contributed by atoms with Crippen LogP contribution in [0, 0.1) is 0 Å². The van der Waals surface area contributed by atoms with Crippen LogP contribution in [0.2, 0.25) is 0 Å². The number of nitrogens with zero attached hydrogens (tertiary/aromatic N) is 7. The minimum Gasteiger partial charge on any atom is -0.366 e. The van der Waals surface area contributed by atoms with E-state index in [0.29, 0.717) is 44.2 Å². The third-order valence-corrected chi connectivity index (χ3v) is 8.60. The minimum atomic E-state index is -0.879. The summed E-state index contributed by atoms with van der Waals surface area (Å²) in [6, 6.07) is 24.2. The fraction of sp³-hybridized carbons (Fsp3) is 0. The fourth-order valence-electron chi connectivity index (χ4n) is 6.51. The maximum atomic E-state index is 13.2. The molecule has 0 saturated carbocycles. The van der Waals surface area contributed by atoms with Crippen molar-refractivity contribution in [3.05, 3.63) is 96.1 Å². The van der Waals surface area contributed by atoms with E-state index in [1.165, 1.54) is 10.6 Å². The second-order valence-corrected chi connectivity index (χ2v) is 11.4. The summed E-state index contributed by atoms with van der Waals surface area (Å²) in [5.74, 6) is -0.644. The molecule has 8 bridgehead atoms. The first-order valence-electron chi connectivity index (χ1n) is 15.0. The van der Waals surface area contributed by atoms with Gasteiger partial charge >= 0.3 is 6.03 Å². The Labute approximate surface area is 274 Å². The molecule has 14 nitrogen and oxygen atoms in total. The Kier molecular flexibility index (Phi) is 5.74. The topological polar surface area (TPSA) is 227 Å². The van der Waals surface area contributed by atoms with Crippen molar-refractivity contribution >= 4 is 62.0 Å². The molecule has 9 rings (SSSR count). The van der Waals surface area contributed by atoms with E-state index in [9.17, 15) is 14.4 Å². The molecule has 0 aliphatic carbocycles. The van der Waals surface area contributed by atoms with Gasteiger partial charge in [-0.1, -0.05) is 72.8 Å². The molecule has 0 saturated heterocycles. The van der Waals surface area contributed by atoms with Crippen LogP contribution in [0.5, 0.6) is 0 Å². The van der Waals surface area contributed by atoms with Gasteiger partial charge in [0.05, 0.1) is 11.1 Å². The summed E-state index contributed by atoms with van der Waals surface area (Å²) in [6.07, 6.45) is 0. The monoisotopic (exact) mass is 643 g/mol. The number of aromatic nitrogens is 8. The number of carbonyl (C=O) groups is 3. The first kappa shape index (κ1) is 27.9. The lowest BCUT2D eigenvalue weighted by Gasteiger charge is -2.05. The van der Waals surface area contributed by atoms with Crippen LogP contribution in [0.1, 0.15) is 20.7 Å². The summed E-state index contributed by atoms with van der Waals surface area (Å²) in [4.78, 5) is 70.9. The number of nitrogens with two attached hydrogens (primary N) is 3. The Morgan fingerprint density at radius 1 is 0.510 bits per heavy atom. The van der Waals surface area contributed by atoms with Crippen molar-refractivity contribution in [1.82, 2.24) is 39.5 Å². The van der Waals surface area contributed by atoms with Crippen molar-refractivity contribution in [3.8, 4) is 45.6 Å². The molecular weight excluding hydrogens is 622 g/mol. The number of hydrogen-bond donors (Lipinski definition) is 4. The van der Waals surface area contributed by atoms with Crippen molar-refractivity contribution < 1.29 is 14.4 Å². The number of amides is 3. The van der Waals surface area contributed by atoms with E-state index in [4.69, 9.17) is 47.1 Å². The summed E-state index contributed by atoms with van der Waals surface area (Å²) in [5.41, 5.74) is 20.8. The van der Waals surface area contributed by atoms with Gasteiger partial charge in [0.1, 0.15) is 11.3 Å². The number of hydrogen-bond acceptors (Lipinski definition) is 9. The Bertz CT molecular complexity index is 2840. The molecule has 5 heterocycles. The van der Waals surface area contributed by atoms with Crippen LogP contribution >= 0.6 is 0 Å². The number of rotatable bonds is 2. The van der Waals surface area contributed by atoms with Crippen molar-refractivity contribution in [2.45, 2.75) is 0 Å². The Hall–Kier alpha value is -7.35. The van der Waals surface area contributed by atoms with Crippen LogP contribution in [0.15, 0.2) is 84.9 Å². The molecule has 0 atom stereocenters. The zero-order chi connectivity index (χ0) is 33.6. The van der Waals surface area contributed by atoms with E-state index in [-0.39, 0.29) is 56.6 Å². The van der Waals surface area contributed by atoms with Crippen molar-refractivity contribution in [3.63, 3.8) is 0 Å². The molecule has 14 heteroatoms. The van der Waals surface area contributed by atoms with Gasteiger partial charge in [0.25, 0.3) is 0 Å². The highest BCUT2D eigenvalue weighted by Gasteiger charge is 2.26. The van der Waals surface area contributed by atoms with Crippen LogP contribution < -0.4 is 17.2 Å². The molecule has 2 aliphatic heterocycles. The van der Waals surface area contributed by atoms with E-state index in [1.807, 2.05) is 72.8 Å². The summed E-state index contributed by atoms with van der Waals surface area (Å²) < 4.78 is 1.24. The molecule has 7 aromatic rings. The third-order valence-electron chi connectivity index (χ3n) is 8.60. The van der Waals surface area contributed by atoms with Gasteiger partial charge in [0.2, 0.25) is 11.8 Å². The number of nitrogens with one attached hydrogen (secondary N) is 1.